The van der Waals surface area contributed by atoms with Gasteiger partial charge in [0.25, 0.3) is 0 Å². The van der Waals surface area contributed by atoms with E-state index in [0.29, 0.717) is 6.54 Å². The number of hydrogen-bond donors (Lipinski definition) is 2. The molecule has 1 aliphatic rings. The number of thiophene rings is 1. The van der Waals surface area contributed by atoms with E-state index in [4.69, 9.17) is 5.73 Å². The van der Waals surface area contributed by atoms with Crippen molar-refractivity contribution < 1.29 is 5.11 Å². The van der Waals surface area contributed by atoms with Crippen LogP contribution >= 0.6 is 11.3 Å². The van der Waals surface area contributed by atoms with E-state index in [2.05, 4.69) is 38.1 Å². The molecule has 1 aromatic carbocycles. The number of fused-ring (bicyclic) bond motifs is 1. The maximum absolute atomic E-state index is 11.0. The number of aliphatic hydroxyl groups excluding tert-OH is 1. The Morgan fingerprint density at radius 2 is 2.10 bits per heavy atom. The van der Waals surface area contributed by atoms with Crippen LogP contribution in [0.4, 0.5) is 0 Å². The number of aliphatic hydroxyl groups is 1. The summed E-state index contributed by atoms with van der Waals surface area (Å²) < 4.78 is 0. The van der Waals surface area contributed by atoms with E-state index in [9.17, 15) is 5.11 Å². The largest absolute Gasteiger partial charge is 0.387 e. The molecule has 0 aliphatic heterocycles. The highest BCUT2D eigenvalue weighted by Gasteiger charge is 2.44. The molecule has 2 unspecified atom stereocenters. The molecule has 0 radical (unpaired) electrons. The number of aryl methyl sites for hydroxylation is 3. The smallest absolute Gasteiger partial charge is 0.0909 e. The summed E-state index contributed by atoms with van der Waals surface area (Å²) >= 11 is 1.75. The van der Waals surface area contributed by atoms with E-state index < -0.39 is 6.10 Å². The van der Waals surface area contributed by atoms with Crippen LogP contribution in [0.3, 0.4) is 0 Å². The molecular formula is C17H21NOS. The maximum Gasteiger partial charge on any atom is 0.0909 e. The number of nitrogens with two attached hydrogens (primary N) is 1. The van der Waals surface area contributed by atoms with Crippen LogP contribution in [0.2, 0.25) is 0 Å². The minimum absolute atomic E-state index is 0.325. The van der Waals surface area contributed by atoms with Crippen molar-refractivity contribution in [3.05, 3.63) is 56.8 Å². The number of rotatable bonds is 3. The van der Waals surface area contributed by atoms with Crippen molar-refractivity contribution in [2.24, 2.45) is 5.73 Å². The van der Waals surface area contributed by atoms with E-state index in [1.54, 1.807) is 11.3 Å². The van der Waals surface area contributed by atoms with Crippen molar-refractivity contribution >= 4 is 11.3 Å². The van der Waals surface area contributed by atoms with Crippen LogP contribution in [0, 0.1) is 13.8 Å². The van der Waals surface area contributed by atoms with Crippen molar-refractivity contribution in [2.75, 3.05) is 6.54 Å². The Labute approximate surface area is 124 Å². The quantitative estimate of drug-likeness (QED) is 0.910. The molecule has 1 aromatic heterocycles. The Morgan fingerprint density at radius 1 is 1.35 bits per heavy atom. The molecule has 0 bridgehead atoms. The molecule has 2 aromatic rings. The minimum atomic E-state index is -0.513. The van der Waals surface area contributed by atoms with Gasteiger partial charge in [-0.3, -0.25) is 0 Å². The second-order valence-electron chi connectivity index (χ2n) is 5.79. The maximum atomic E-state index is 11.0. The monoisotopic (exact) mass is 287 g/mol. The summed E-state index contributed by atoms with van der Waals surface area (Å²) in [6.07, 6.45) is 1.42. The van der Waals surface area contributed by atoms with Crippen LogP contribution in [0.15, 0.2) is 30.3 Å². The van der Waals surface area contributed by atoms with Crippen LogP contribution in [-0.4, -0.2) is 11.7 Å². The molecule has 2 nitrogen and oxygen atoms in total. The van der Waals surface area contributed by atoms with E-state index in [-0.39, 0.29) is 5.41 Å². The van der Waals surface area contributed by atoms with Crippen LogP contribution in [0.5, 0.6) is 0 Å². The van der Waals surface area contributed by atoms with Crippen LogP contribution < -0.4 is 5.73 Å². The van der Waals surface area contributed by atoms with E-state index >= 15 is 0 Å². The molecule has 3 rings (SSSR count). The molecule has 1 aliphatic carbocycles. The average Bonchev–Trinajstić information content (AvgIpc) is 2.99. The summed E-state index contributed by atoms with van der Waals surface area (Å²) in [6.45, 7) is 4.66. The van der Waals surface area contributed by atoms with Gasteiger partial charge in [0, 0.05) is 21.7 Å². The summed E-state index contributed by atoms with van der Waals surface area (Å²) in [7, 11) is 0. The Morgan fingerprint density at radius 3 is 2.75 bits per heavy atom. The Bertz CT molecular complexity index is 634. The molecule has 106 valence electrons. The third kappa shape index (κ3) is 1.93. The van der Waals surface area contributed by atoms with Crippen LogP contribution in [-0.2, 0) is 11.8 Å². The molecule has 0 saturated carbocycles. The first-order valence-corrected chi connectivity index (χ1v) is 7.93. The predicted octanol–water partition coefficient (Wildman–Crippen LogP) is 3.24. The SMILES string of the molecule is Cc1cc(C(O)C2(CN)CCc3ccccc32)c(C)s1. The molecule has 0 spiro atoms. The Hall–Kier alpha value is -1.16. The summed E-state index contributed by atoms with van der Waals surface area (Å²) in [4.78, 5) is 2.45. The predicted molar refractivity (Wildman–Crippen MR) is 84.2 cm³/mol. The van der Waals surface area contributed by atoms with Gasteiger partial charge in [0.15, 0.2) is 0 Å². The van der Waals surface area contributed by atoms with Crippen molar-refractivity contribution in [2.45, 2.75) is 38.2 Å². The molecule has 0 saturated heterocycles. The topological polar surface area (TPSA) is 46.2 Å². The van der Waals surface area contributed by atoms with Gasteiger partial charge in [0.2, 0.25) is 0 Å². The molecule has 0 amide bonds. The van der Waals surface area contributed by atoms with Gasteiger partial charge in [-0.15, -0.1) is 11.3 Å². The first kappa shape index (κ1) is 13.8. The molecule has 20 heavy (non-hydrogen) atoms. The van der Waals surface area contributed by atoms with Crippen molar-refractivity contribution in [3.8, 4) is 0 Å². The first-order chi connectivity index (χ1) is 9.58. The highest BCUT2D eigenvalue weighted by molar-refractivity contribution is 7.12. The fourth-order valence-corrected chi connectivity index (χ4v) is 4.50. The van der Waals surface area contributed by atoms with E-state index in [0.717, 1.165) is 18.4 Å². The fourth-order valence-electron chi connectivity index (χ4n) is 3.54. The Balaban J connectivity index is 2.09. The van der Waals surface area contributed by atoms with Crippen LogP contribution in [0.1, 0.15) is 39.0 Å². The lowest BCUT2D eigenvalue weighted by Crippen LogP contribution is -2.39. The molecule has 1 heterocycles. The standard InChI is InChI=1S/C17H21NOS/c1-11-9-14(12(2)20-11)16(19)17(10-18)8-7-13-5-3-4-6-15(13)17/h3-6,9,16,19H,7-8,10,18H2,1-2H3. The highest BCUT2D eigenvalue weighted by Crippen LogP contribution is 2.48. The second kappa shape index (κ2) is 4.99. The van der Waals surface area contributed by atoms with Crippen LogP contribution in [0.25, 0.3) is 0 Å². The molecular weight excluding hydrogens is 266 g/mol. The number of benzene rings is 1. The molecule has 3 N–H and O–H groups in total. The van der Waals surface area contributed by atoms with E-state index in [1.807, 2.05) is 6.07 Å². The third-order valence-corrected chi connectivity index (χ3v) is 5.64. The van der Waals surface area contributed by atoms with Gasteiger partial charge < -0.3 is 10.8 Å². The van der Waals surface area contributed by atoms with Gasteiger partial charge in [-0.05, 0) is 49.4 Å². The lowest BCUT2D eigenvalue weighted by Gasteiger charge is -2.34. The molecule has 2 atom stereocenters. The second-order valence-corrected chi connectivity index (χ2v) is 7.25. The molecule has 0 fully saturated rings. The highest BCUT2D eigenvalue weighted by atomic mass is 32.1. The first-order valence-electron chi connectivity index (χ1n) is 7.12. The third-order valence-electron chi connectivity index (χ3n) is 4.66. The van der Waals surface area contributed by atoms with Gasteiger partial charge >= 0.3 is 0 Å². The van der Waals surface area contributed by atoms with Gasteiger partial charge in [0.05, 0.1) is 6.10 Å². The Kier molecular flexibility index (Phi) is 3.44. The summed E-state index contributed by atoms with van der Waals surface area (Å²) in [5, 5.41) is 11.0. The van der Waals surface area contributed by atoms with Gasteiger partial charge in [-0.1, -0.05) is 24.3 Å². The lowest BCUT2D eigenvalue weighted by molar-refractivity contribution is 0.0839. The van der Waals surface area contributed by atoms with Crippen molar-refractivity contribution in [1.82, 2.24) is 0 Å². The zero-order chi connectivity index (χ0) is 14.3. The lowest BCUT2D eigenvalue weighted by atomic mass is 9.74. The number of hydrogen-bond acceptors (Lipinski definition) is 3. The fraction of sp³-hybridized carbons (Fsp3) is 0.412. The van der Waals surface area contributed by atoms with Gasteiger partial charge in [0.1, 0.15) is 0 Å². The summed E-state index contributed by atoms with van der Waals surface area (Å²) in [5.74, 6) is 0. The van der Waals surface area contributed by atoms with E-state index in [1.165, 1.54) is 20.9 Å². The van der Waals surface area contributed by atoms with Crippen molar-refractivity contribution in [3.63, 3.8) is 0 Å². The molecule has 3 heteroatoms. The summed E-state index contributed by atoms with van der Waals surface area (Å²) in [5.41, 5.74) is 9.42. The zero-order valence-electron chi connectivity index (χ0n) is 12.0. The van der Waals surface area contributed by atoms with Gasteiger partial charge in [-0.2, -0.15) is 0 Å². The minimum Gasteiger partial charge on any atom is -0.387 e. The summed E-state index contributed by atoms with van der Waals surface area (Å²) in [6, 6.07) is 10.5. The zero-order valence-corrected chi connectivity index (χ0v) is 12.8. The van der Waals surface area contributed by atoms with Crippen molar-refractivity contribution in [1.29, 1.82) is 0 Å². The normalized spacial score (nSPS) is 22.8. The average molecular weight is 287 g/mol. The van der Waals surface area contributed by atoms with Gasteiger partial charge in [-0.25, -0.2) is 0 Å².